The molecule has 27 heavy (non-hydrogen) atoms. The molecule has 1 aliphatic heterocycles. The quantitative estimate of drug-likeness (QED) is 0.864. The Morgan fingerprint density at radius 2 is 2.07 bits per heavy atom. The van der Waals surface area contributed by atoms with Crippen LogP contribution in [-0.4, -0.2) is 34.0 Å². The van der Waals surface area contributed by atoms with Gasteiger partial charge in [-0.25, -0.2) is 4.98 Å². The van der Waals surface area contributed by atoms with Crippen molar-refractivity contribution in [1.82, 2.24) is 9.88 Å². The summed E-state index contributed by atoms with van der Waals surface area (Å²) < 4.78 is 38.5. The molecule has 1 amide bonds. The SMILES string of the molecule is O=C(c1ccc(O)cn1)N1CCCC(CCc2cccc(C(F)(F)F)c2)C1. The molecule has 3 rings (SSSR count). The number of nitrogens with zero attached hydrogens (tertiary/aromatic N) is 2. The molecule has 144 valence electrons. The molecule has 0 radical (unpaired) electrons. The molecule has 1 aliphatic rings. The van der Waals surface area contributed by atoms with Crippen LogP contribution in [0.5, 0.6) is 5.75 Å². The van der Waals surface area contributed by atoms with E-state index >= 15 is 0 Å². The van der Waals surface area contributed by atoms with E-state index in [4.69, 9.17) is 0 Å². The maximum absolute atomic E-state index is 12.8. The first-order valence-corrected chi connectivity index (χ1v) is 8.93. The molecule has 4 nitrogen and oxygen atoms in total. The molecule has 1 unspecified atom stereocenters. The Bertz CT molecular complexity index is 791. The fourth-order valence-corrected chi connectivity index (χ4v) is 3.43. The van der Waals surface area contributed by atoms with E-state index in [0.717, 1.165) is 25.3 Å². The molecule has 0 aliphatic carbocycles. The number of carbonyl (C=O) groups excluding carboxylic acids is 1. The minimum absolute atomic E-state index is 0.00385. The third-order valence-electron chi connectivity index (χ3n) is 4.87. The van der Waals surface area contributed by atoms with Crippen molar-refractivity contribution in [2.45, 2.75) is 31.9 Å². The van der Waals surface area contributed by atoms with Crippen molar-refractivity contribution >= 4 is 5.91 Å². The zero-order valence-corrected chi connectivity index (χ0v) is 14.7. The number of carbonyl (C=O) groups is 1. The number of aryl methyl sites for hydroxylation is 1. The standard InChI is InChI=1S/C20H21F3N2O2/c21-20(22,23)16-5-1-3-14(11-16)6-7-15-4-2-10-25(13-15)19(27)18-9-8-17(26)12-24-18/h1,3,5,8-9,11-12,15,26H,2,4,6-7,10,13H2. The van der Waals surface area contributed by atoms with Crippen LogP contribution < -0.4 is 0 Å². The number of aromatic nitrogens is 1. The molecule has 0 saturated carbocycles. The van der Waals surface area contributed by atoms with E-state index in [1.807, 2.05) is 0 Å². The first kappa shape index (κ1) is 19.2. The van der Waals surface area contributed by atoms with Crippen LogP contribution >= 0.6 is 0 Å². The Balaban J connectivity index is 1.59. The Morgan fingerprint density at radius 3 is 2.78 bits per heavy atom. The number of hydrogen-bond acceptors (Lipinski definition) is 3. The maximum atomic E-state index is 12.8. The number of aromatic hydroxyl groups is 1. The van der Waals surface area contributed by atoms with Crippen molar-refractivity contribution in [3.05, 3.63) is 59.4 Å². The van der Waals surface area contributed by atoms with Gasteiger partial charge in [0.25, 0.3) is 5.91 Å². The molecule has 1 N–H and O–H groups in total. The van der Waals surface area contributed by atoms with E-state index < -0.39 is 11.7 Å². The highest BCUT2D eigenvalue weighted by atomic mass is 19.4. The second-order valence-electron chi connectivity index (χ2n) is 6.90. The number of piperidine rings is 1. The first-order chi connectivity index (χ1) is 12.8. The Hall–Kier alpha value is -2.57. The number of halogens is 3. The minimum Gasteiger partial charge on any atom is -0.506 e. The van der Waals surface area contributed by atoms with Crippen LogP contribution in [0.25, 0.3) is 0 Å². The maximum Gasteiger partial charge on any atom is 0.416 e. The summed E-state index contributed by atoms with van der Waals surface area (Å²) in [5, 5.41) is 9.28. The molecular formula is C20H21F3N2O2. The largest absolute Gasteiger partial charge is 0.506 e. The van der Waals surface area contributed by atoms with Crippen molar-refractivity contribution < 1.29 is 23.1 Å². The topological polar surface area (TPSA) is 53.4 Å². The van der Waals surface area contributed by atoms with Crippen molar-refractivity contribution in [1.29, 1.82) is 0 Å². The lowest BCUT2D eigenvalue weighted by Gasteiger charge is -2.32. The average molecular weight is 378 g/mol. The van der Waals surface area contributed by atoms with Crippen molar-refractivity contribution in [3.63, 3.8) is 0 Å². The van der Waals surface area contributed by atoms with E-state index in [2.05, 4.69) is 4.98 Å². The number of amides is 1. The predicted octanol–water partition coefficient (Wildman–Crippen LogP) is 4.29. The highest BCUT2D eigenvalue weighted by Crippen LogP contribution is 2.30. The summed E-state index contributed by atoms with van der Waals surface area (Å²) in [7, 11) is 0. The molecule has 1 atom stereocenters. The molecule has 1 aromatic heterocycles. The highest BCUT2D eigenvalue weighted by Gasteiger charge is 2.30. The van der Waals surface area contributed by atoms with Gasteiger partial charge in [0.05, 0.1) is 11.8 Å². The van der Waals surface area contributed by atoms with Crippen LogP contribution in [0.4, 0.5) is 13.2 Å². The monoisotopic (exact) mass is 378 g/mol. The van der Waals surface area contributed by atoms with Gasteiger partial charge in [-0.05, 0) is 55.4 Å². The van der Waals surface area contributed by atoms with Gasteiger partial charge in [-0.3, -0.25) is 4.79 Å². The molecule has 2 aromatic rings. The summed E-state index contributed by atoms with van der Waals surface area (Å²) in [6, 6.07) is 8.34. The molecular weight excluding hydrogens is 357 g/mol. The van der Waals surface area contributed by atoms with E-state index in [9.17, 15) is 23.1 Å². The number of hydrogen-bond donors (Lipinski definition) is 1. The summed E-state index contributed by atoms with van der Waals surface area (Å²) in [4.78, 5) is 18.2. The Morgan fingerprint density at radius 1 is 1.26 bits per heavy atom. The van der Waals surface area contributed by atoms with Crippen LogP contribution in [0.15, 0.2) is 42.6 Å². The van der Waals surface area contributed by atoms with Crippen LogP contribution in [-0.2, 0) is 12.6 Å². The number of rotatable bonds is 4. The third kappa shape index (κ3) is 4.99. The van der Waals surface area contributed by atoms with Gasteiger partial charge in [0.15, 0.2) is 0 Å². The van der Waals surface area contributed by atoms with Gasteiger partial charge in [-0.2, -0.15) is 13.2 Å². The fourth-order valence-electron chi connectivity index (χ4n) is 3.43. The summed E-state index contributed by atoms with van der Waals surface area (Å²) in [5.41, 5.74) is 0.318. The van der Waals surface area contributed by atoms with Gasteiger partial charge in [0.1, 0.15) is 11.4 Å². The molecule has 1 aromatic carbocycles. The van der Waals surface area contributed by atoms with Crippen molar-refractivity contribution in [3.8, 4) is 5.75 Å². The first-order valence-electron chi connectivity index (χ1n) is 8.93. The second-order valence-corrected chi connectivity index (χ2v) is 6.90. The summed E-state index contributed by atoms with van der Waals surface area (Å²) in [6.45, 7) is 1.21. The van der Waals surface area contributed by atoms with Gasteiger partial charge in [0.2, 0.25) is 0 Å². The lowest BCUT2D eigenvalue weighted by atomic mass is 9.91. The minimum atomic E-state index is -4.33. The van der Waals surface area contributed by atoms with E-state index in [1.54, 1.807) is 11.0 Å². The Labute approximate surface area is 155 Å². The summed E-state index contributed by atoms with van der Waals surface area (Å²) in [5.74, 6) is 0.0669. The molecule has 1 fully saturated rings. The summed E-state index contributed by atoms with van der Waals surface area (Å²) >= 11 is 0. The molecule has 0 bridgehead atoms. The van der Waals surface area contributed by atoms with Crippen molar-refractivity contribution in [2.24, 2.45) is 5.92 Å². The molecule has 0 spiro atoms. The van der Waals surface area contributed by atoms with Crippen LogP contribution in [0.1, 0.15) is 40.9 Å². The van der Waals surface area contributed by atoms with Gasteiger partial charge >= 0.3 is 6.18 Å². The number of pyridine rings is 1. The van der Waals surface area contributed by atoms with Crippen LogP contribution in [0.2, 0.25) is 0 Å². The summed E-state index contributed by atoms with van der Waals surface area (Å²) in [6.07, 6.45) is -0.00547. The lowest BCUT2D eigenvalue weighted by molar-refractivity contribution is -0.137. The lowest BCUT2D eigenvalue weighted by Crippen LogP contribution is -2.40. The van der Waals surface area contributed by atoms with E-state index in [-0.39, 0.29) is 23.3 Å². The van der Waals surface area contributed by atoms with Crippen LogP contribution in [0.3, 0.4) is 0 Å². The van der Waals surface area contributed by atoms with Gasteiger partial charge < -0.3 is 10.0 Å². The van der Waals surface area contributed by atoms with Gasteiger partial charge in [0, 0.05) is 13.1 Å². The Kier molecular flexibility index (Phi) is 5.68. The fraction of sp³-hybridized carbons (Fsp3) is 0.400. The molecule has 2 heterocycles. The number of benzene rings is 1. The van der Waals surface area contributed by atoms with Crippen molar-refractivity contribution in [2.75, 3.05) is 13.1 Å². The van der Waals surface area contributed by atoms with Gasteiger partial charge in [-0.1, -0.05) is 18.2 Å². The predicted molar refractivity (Wildman–Crippen MR) is 94.3 cm³/mol. The highest BCUT2D eigenvalue weighted by molar-refractivity contribution is 5.92. The molecule has 7 heteroatoms. The second kappa shape index (κ2) is 7.98. The number of likely N-dealkylation sites (tertiary alicyclic amines) is 1. The third-order valence-corrected chi connectivity index (χ3v) is 4.87. The zero-order chi connectivity index (χ0) is 19.4. The normalized spacial score (nSPS) is 17.7. The molecule has 1 saturated heterocycles. The smallest absolute Gasteiger partial charge is 0.416 e. The number of alkyl halides is 3. The van der Waals surface area contributed by atoms with Gasteiger partial charge in [-0.15, -0.1) is 0 Å². The van der Waals surface area contributed by atoms with Crippen LogP contribution in [0, 0.1) is 5.92 Å². The average Bonchev–Trinajstić information content (AvgIpc) is 2.66. The zero-order valence-electron chi connectivity index (χ0n) is 14.7. The van der Waals surface area contributed by atoms with E-state index in [0.29, 0.717) is 25.1 Å². The van der Waals surface area contributed by atoms with E-state index in [1.165, 1.54) is 30.5 Å².